The Labute approximate surface area is 183 Å². The number of benzene rings is 1. The van der Waals surface area contributed by atoms with Crippen LogP contribution in [0.4, 0.5) is 20.0 Å². The summed E-state index contributed by atoms with van der Waals surface area (Å²) in [6.07, 6.45) is 0. The van der Waals surface area contributed by atoms with E-state index in [9.17, 15) is 18.8 Å². The second-order valence-corrected chi connectivity index (χ2v) is 8.02. The Kier molecular flexibility index (Phi) is 7.18. The van der Waals surface area contributed by atoms with E-state index in [1.165, 1.54) is 12.1 Å². The average Bonchev–Trinajstić information content (AvgIpc) is 3.10. The van der Waals surface area contributed by atoms with Gasteiger partial charge in [0.15, 0.2) is 5.13 Å². The van der Waals surface area contributed by atoms with E-state index in [1.54, 1.807) is 18.7 Å². The van der Waals surface area contributed by atoms with Crippen LogP contribution >= 0.6 is 11.3 Å². The number of nitrogens with zero attached hydrogens (tertiary/aromatic N) is 3. The summed E-state index contributed by atoms with van der Waals surface area (Å²) in [6, 6.07) is 3.20. The van der Waals surface area contributed by atoms with Gasteiger partial charge >= 0.3 is 12.0 Å². The topological polar surface area (TPSA) is 104 Å². The molecule has 3 rings (SSSR count). The molecule has 3 amide bonds. The van der Waals surface area contributed by atoms with Crippen LogP contribution in [0.1, 0.15) is 32.6 Å². The zero-order valence-corrected chi connectivity index (χ0v) is 18.3. The highest BCUT2D eigenvalue weighted by atomic mass is 32.1. The van der Waals surface area contributed by atoms with Crippen molar-refractivity contribution in [2.45, 2.75) is 13.8 Å². The molecule has 1 aromatic carbocycles. The molecule has 31 heavy (non-hydrogen) atoms. The fourth-order valence-electron chi connectivity index (χ4n) is 3.02. The number of carbonyl (C=O) groups is 3. The number of thiazole rings is 1. The van der Waals surface area contributed by atoms with Gasteiger partial charge in [0.2, 0.25) is 0 Å². The molecule has 0 spiro atoms. The minimum absolute atomic E-state index is 0.0481. The standard InChI is InChI=1S/C20H24FN5O4S/c1-4-30-18(28)16-12(2)22-19(31-16)24-17(27)14-11-13(21)5-6-15(14)23-20(29)26-9-7-25(3)8-10-26/h5-6,11H,4,7-10H2,1-3H3,(H,23,29)(H,22,24,27). The Morgan fingerprint density at radius 2 is 1.90 bits per heavy atom. The molecular weight excluding hydrogens is 425 g/mol. The number of amides is 3. The van der Waals surface area contributed by atoms with E-state index >= 15 is 0 Å². The minimum atomic E-state index is -0.655. The van der Waals surface area contributed by atoms with Crippen molar-refractivity contribution in [3.63, 3.8) is 0 Å². The molecule has 1 saturated heterocycles. The van der Waals surface area contributed by atoms with Crippen molar-refractivity contribution in [2.75, 3.05) is 50.5 Å². The van der Waals surface area contributed by atoms with Crippen LogP contribution in [0.15, 0.2) is 18.2 Å². The number of hydrogen-bond donors (Lipinski definition) is 2. The molecule has 0 saturated carbocycles. The molecule has 0 unspecified atom stereocenters. The van der Waals surface area contributed by atoms with Crippen LogP contribution in [0.3, 0.4) is 0 Å². The molecule has 0 atom stereocenters. The lowest BCUT2D eigenvalue weighted by Gasteiger charge is -2.32. The second kappa shape index (κ2) is 9.84. The van der Waals surface area contributed by atoms with Crippen LogP contribution < -0.4 is 10.6 Å². The highest BCUT2D eigenvalue weighted by Gasteiger charge is 2.23. The van der Waals surface area contributed by atoms with E-state index in [1.807, 2.05) is 7.05 Å². The molecule has 0 bridgehead atoms. The number of likely N-dealkylation sites (N-methyl/N-ethyl adjacent to an activating group) is 1. The number of halogens is 1. The van der Waals surface area contributed by atoms with Gasteiger partial charge in [-0.15, -0.1) is 0 Å². The van der Waals surface area contributed by atoms with Crippen LogP contribution in [-0.2, 0) is 4.74 Å². The molecule has 9 nitrogen and oxygen atoms in total. The van der Waals surface area contributed by atoms with Gasteiger partial charge in [0.1, 0.15) is 10.7 Å². The predicted molar refractivity (Wildman–Crippen MR) is 115 cm³/mol. The number of hydrogen-bond acceptors (Lipinski definition) is 7. The first-order chi connectivity index (χ1) is 14.8. The monoisotopic (exact) mass is 449 g/mol. The van der Waals surface area contributed by atoms with Crippen molar-refractivity contribution >= 4 is 40.1 Å². The van der Waals surface area contributed by atoms with E-state index in [0.29, 0.717) is 18.8 Å². The summed E-state index contributed by atoms with van der Waals surface area (Å²) in [5, 5.41) is 5.43. The van der Waals surface area contributed by atoms with Crippen molar-refractivity contribution in [1.29, 1.82) is 0 Å². The maximum Gasteiger partial charge on any atom is 0.350 e. The number of anilines is 2. The van der Waals surface area contributed by atoms with Gasteiger partial charge in [-0.2, -0.15) is 0 Å². The lowest BCUT2D eigenvalue weighted by molar-refractivity contribution is 0.0531. The predicted octanol–water partition coefficient (Wildman–Crippen LogP) is 2.80. The maximum absolute atomic E-state index is 13.9. The Bertz CT molecular complexity index is 988. The average molecular weight is 450 g/mol. The number of aromatic nitrogens is 1. The van der Waals surface area contributed by atoms with Gasteiger partial charge in [-0.25, -0.2) is 19.0 Å². The molecule has 1 aromatic heterocycles. The number of nitrogens with one attached hydrogen (secondary N) is 2. The quantitative estimate of drug-likeness (QED) is 0.681. The third kappa shape index (κ3) is 5.56. The lowest BCUT2D eigenvalue weighted by Crippen LogP contribution is -2.48. The molecule has 1 aliphatic heterocycles. The number of aryl methyl sites for hydroxylation is 1. The van der Waals surface area contributed by atoms with Gasteiger partial charge in [0, 0.05) is 26.2 Å². The first-order valence-electron chi connectivity index (χ1n) is 9.78. The number of carbonyl (C=O) groups excluding carboxylic acids is 3. The normalized spacial score (nSPS) is 14.3. The number of rotatable bonds is 5. The van der Waals surface area contributed by atoms with Crippen LogP contribution in [0, 0.1) is 12.7 Å². The Morgan fingerprint density at radius 1 is 1.19 bits per heavy atom. The smallest absolute Gasteiger partial charge is 0.350 e. The summed E-state index contributed by atoms with van der Waals surface area (Å²) >= 11 is 0.966. The van der Waals surface area contributed by atoms with Gasteiger partial charge in [0.25, 0.3) is 5.91 Å². The largest absolute Gasteiger partial charge is 0.462 e. The van der Waals surface area contributed by atoms with E-state index < -0.39 is 17.7 Å². The lowest BCUT2D eigenvalue weighted by atomic mass is 10.1. The van der Waals surface area contributed by atoms with Crippen LogP contribution in [-0.4, -0.2) is 72.5 Å². The molecule has 11 heteroatoms. The Hall–Kier alpha value is -3.05. The summed E-state index contributed by atoms with van der Waals surface area (Å²) in [5.74, 6) is -1.80. The highest BCUT2D eigenvalue weighted by molar-refractivity contribution is 7.17. The molecule has 2 aromatic rings. The number of esters is 1. The minimum Gasteiger partial charge on any atom is -0.462 e. The van der Waals surface area contributed by atoms with Crippen LogP contribution in [0.25, 0.3) is 0 Å². The van der Waals surface area contributed by atoms with E-state index in [4.69, 9.17) is 4.74 Å². The SMILES string of the molecule is CCOC(=O)c1sc(NC(=O)c2cc(F)ccc2NC(=O)N2CCN(C)CC2)nc1C. The van der Waals surface area contributed by atoms with Gasteiger partial charge in [0.05, 0.1) is 23.6 Å². The summed E-state index contributed by atoms with van der Waals surface area (Å²) in [5.41, 5.74) is 0.552. The van der Waals surface area contributed by atoms with Crippen LogP contribution in [0.2, 0.25) is 0 Å². The second-order valence-electron chi connectivity index (χ2n) is 7.02. The Morgan fingerprint density at radius 3 is 2.58 bits per heavy atom. The Balaban J connectivity index is 1.75. The fraction of sp³-hybridized carbons (Fsp3) is 0.400. The third-order valence-electron chi connectivity index (χ3n) is 4.74. The fourth-order valence-corrected chi connectivity index (χ4v) is 3.87. The van der Waals surface area contributed by atoms with Gasteiger partial charge < -0.3 is 19.9 Å². The summed E-state index contributed by atoms with van der Waals surface area (Å²) in [4.78, 5) is 45.5. The molecule has 0 radical (unpaired) electrons. The third-order valence-corrected chi connectivity index (χ3v) is 5.79. The van der Waals surface area contributed by atoms with E-state index in [0.717, 1.165) is 30.5 Å². The van der Waals surface area contributed by atoms with Crippen molar-refractivity contribution < 1.29 is 23.5 Å². The van der Waals surface area contributed by atoms with Gasteiger partial charge in [-0.1, -0.05) is 11.3 Å². The van der Waals surface area contributed by atoms with Gasteiger partial charge in [-0.05, 0) is 39.1 Å². The van der Waals surface area contributed by atoms with Gasteiger partial charge in [-0.3, -0.25) is 10.1 Å². The van der Waals surface area contributed by atoms with E-state index in [-0.39, 0.29) is 33.9 Å². The van der Waals surface area contributed by atoms with Crippen molar-refractivity contribution in [2.24, 2.45) is 0 Å². The summed E-state index contributed by atoms with van der Waals surface area (Å²) in [6.45, 7) is 6.14. The van der Waals surface area contributed by atoms with E-state index in [2.05, 4.69) is 20.5 Å². The zero-order valence-electron chi connectivity index (χ0n) is 17.5. The number of ether oxygens (including phenoxy) is 1. The van der Waals surface area contributed by atoms with Crippen molar-refractivity contribution in [3.05, 3.63) is 40.2 Å². The highest BCUT2D eigenvalue weighted by Crippen LogP contribution is 2.25. The zero-order chi connectivity index (χ0) is 22.5. The number of urea groups is 1. The molecule has 2 heterocycles. The molecular formula is C20H24FN5O4S. The first kappa shape index (κ1) is 22.6. The van der Waals surface area contributed by atoms with Crippen molar-refractivity contribution in [1.82, 2.24) is 14.8 Å². The van der Waals surface area contributed by atoms with Crippen molar-refractivity contribution in [3.8, 4) is 0 Å². The van der Waals surface area contributed by atoms with Crippen LogP contribution in [0.5, 0.6) is 0 Å². The molecule has 1 fully saturated rings. The number of piperazine rings is 1. The maximum atomic E-state index is 13.9. The summed E-state index contributed by atoms with van der Waals surface area (Å²) in [7, 11) is 1.98. The summed E-state index contributed by atoms with van der Waals surface area (Å²) < 4.78 is 18.8. The molecule has 1 aliphatic rings. The molecule has 166 valence electrons. The molecule has 2 N–H and O–H groups in total. The first-order valence-corrected chi connectivity index (χ1v) is 10.6. The molecule has 0 aliphatic carbocycles.